The van der Waals surface area contributed by atoms with Crippen molar-refractivity contribution in [1.82, 2.24) is 20.2 Å². The van der Waals surface area contributed by atoms with Gasteiger partial charge in [0.1, 0.15) is 17.4 Å². The number of hydrogen-bond acceptors (Lipinski definition) is 6. The Morgan fingerprint density at radius 1 is 1.00 bits per heavy atom. The van der Waals surface area contributed by atoms with Gasteiger partial charge in [-0.15, -0.1) is 0 Å². The lowest BCUT2D eigenvalue weighted by atomic mass is 10.1. The van der Waals surface area contributed by atoms with E-state index in [0.717, 1.165) is 27.9 Å². The summed E-state index contributed by atoms with van der Waals surface area (Å²) in [7, 11) is 0. The molecule has 0 aliphatic carbocycles. The number of carbonyl (C=O) groups excluding carboxylic acids is 1. The molecule has 2 aliphatic rings. The van der Waals surface area contributed by atoms with Crippen LogP contribution in [0, 0.1) is 0 Å². The number of furan rings is 1. The Bertz CT molecular complexity index is 1310. The topological polar surface area (TPSA) is 83.7 Å². The van der Waals surface area contributed by atoms with Crippen LogP contribution in [0.1, 0.15) is 16.7 Å². The molecule has 0 radical (unpaired) electrons. The van der Waals surface area contributed by atoms with Crippen LogP contribution in [0.25, 0.3) is 22.1 Å². The summed E-state index contributed by atoms with van der Waals surface area (Å²) in [6, 6.07) is 14.1. The van der Waals surface area contributed by atoms with Crippen LogP contribution >= 0.6 is 0 Å². The number of fused-ring (bicyclic) bond motifs is 4. The van der Waals surface area contributed by atoms with Crippen molar-refractivity contribution in [3.05, 3.63) is 65.5 Å². The maximum absolute atomic E-state index is 12.7. The Morgan fingerprint density at radius 3 is 2.75 bits per heavy atom. The predicted molar refractivity (Wildman–Crippen MR) is 120 cm³/mol. The van der Waals surface area contributed by atoms with Crippen LogP contribution in [0.15, 0.2) is 53.2 Å². The van der Waals surface area contributed by atoms with Crippen LogP contribution < -0.4 is 10.2 Å². The Balaban J connectivity index is 1.11. The van der Waals surface area contributed by atoms with E-state index in [1.165, 1.54) is 11.1 Å². The Hall–Kier alpha value is -3.65. The molecule has 4 heterocycles. The van der Waals surface area contributed by atoms with E-state index >= 15 is 0 Å². The van der Waals surface area contributed by atoms with Gasteiger partial charge >= 0.3 is 6.03 Å². The highest BCUT2D eigenvalue weighted by Gasteiger charge is 2.25. The number of para-hydroxylation sites is 1. The van der Waals surface area contributed by atoms with Crippen molar-refractivity contribution in [2.75, 3.05) is 31.1 Å². The zero-order chi connectivity index (χ0) is 21.5. The Labute approximate surface area is 184 Å². The van der Waals surface area contributed by atoms with E-state index in [9.17, 15) is 4.79 Å². The van der Waals surface area contributed by atoms with Crippen molar-refractivity contribution in [3.63, 3.8) is 0 Å². The van der Waals surface area contributed by atoms with Crippen LogP contribution in [0.3, 0.4) is 0 Å². The zero-order valence-electron chi connectivity index (χ0n) is 17.6. The highest BCUT2D eigenvalue weighted by Crippen LogP contribution is 2.32. The first kappa shape index (κ1) is 19.1. The van der Waals surface area contributed by atoms with Gasteiger partial charge in [0, 0.05) is 38.1 Å². The quantitative estimate of drug-likeness (QED) is 0.537. The number of aromatic nitrogens is 2. The van der Waals surface area contributed by atoms with E-state index < -0.39 is 0 Å². The lowest BCUT2D eigenvalue weighted by Crippen LogP contribution is -2.52. The van der Waals surface area contributed by atoms with E-state index in [-0.39, 0.29) is 6.03 Å². The summed E-state index contributed by atoms with van der Waals surface area (Å²) in [4.78, 5) is 25.6. The van der Waals surface area contributed by atoms with E-state index in [0.29, 0.717) is 51.5 Å². The summed E-state index contributed by atoms with van der Waals surface area (Å²) >= 11 is 0. The van der Waals surface area contributed by atoms with Gasteiger partial charge in [0.25, 0.3) is 0 Å². The summed E-state index contributed by atoms with van der Waals surface area (Å²) in [6.45, 7) is 4.46. The van der Waals surface area contributed by atoms with Gasteiger partial charge in [-0.3, -0.25) is 0 Å². The molecule has 2 aliphatic heterocycles. The fourth-order valence-electron chi connectivity index (χ4n) is 4.48. The lowest BCUT2D eigenvalue weighted by Gasteiger charge is -2.35. The van der Waals surface area contributed by atoms with Gasteiger partial charge < -0.3 is 24.3 Å². The van der Waals surface area contributed by atoms with E-state index in [1.807, 2.05) is 29.2 Å². The van der Waals surface area contributed by atoms with Gasteiger partial charge in [-0.1, -0.05) is 30.3 Å². The fraction of sp³-hybridized carbons (Fsp3) is 0.292. The lowest BCUT2D eigenvalue weighted by molar-refractivity contribution is 0.134. The number of rotatable bonds is 3. The highest BCUT2D eigenvalue weighted by atomic mass is 16.5. The van der Waals surface area contributed by atoms with E-state index in [4.69, 9.17) is 9.15 Å². The molecule has 0 unspecified atom stereocenters. The van der Waals surface area contributed by atoms with E-state index in [1.54, 1.807) is 6.33 Å². The molecule has 8 nitrogen and oxygen atoms in total. The minimum atomic E-state index is -0.0435. The second-order valence-corrected chi connectivity index (χ2v) is 8.20. The van der Waals surface area contributed by atoms with Gasteiger partial charge in [-0.25, -0.2) is 14.8 Å². The third kappa shape index (κ3) is 3.33. The molecular formula is C24H23N5O3. The smallest absolute Gasteiger partial charge is 0.317 e. The summed E-state index contributed by atoms with van der Waals surface area (Å²) < 4.78 is 11.5. The summed E-state index contributed by atoms with van der Waals surface area (Å²) in [5, 5.41) is 4.03. The Morgan fingerprint density at radius 2 is 1.84 bits per heavy atom. The highest BCUT2D eigenvalue weighted by molar-refractivity contribution is 6.05. The zero-order valence-corrected chi connectivity index (χ0v) is 17.6. The van der Waals surface area contributed by atoms with Gasteiger partial charge in [0.2, 0.25) is 0 Å². The average Bonchev–Trinajstić information content (AvgIpc) is 3.46. The Kier molecular flexibility index (Phi) is 4.65. The molecule has 0 bridgehead atoms. The van der Waals surface area contributed by atoms with Crippen molar-refractivity contribution < 1.29 is 13.9 Å². The van der Waals surface area contributed by atoms with Crippen LogP contribution in [-0.2, 0) is 24.5 Å². The number of carbonyl (C=O) groups is 1. The number of hydrogen-bond donors (Lipinski definition) is 1. The SMILES string of the molecule is O=C(NCc1ccc2c(c1)COC2)N1CCN(c2ncnc3c2oc2ccccc23)CC1. The normalized spacial score (nSPS) is 16.0. The molecule has 1 N–H and O–H groups in total. The molecule has 8 heteroatoms. The molecule has 2 aromatic heterocycles. The summed E-state index contributed by atoms with van der Waals surface area (Å²) in [5.74, 6) is 0.784. The van der Waals surface area contributed by atoms with Crippen molar-refractivity contribution >= 4 is 33.9 Å². The van der Waals surface area contributed by atoms with E-state index in [2.05, 4.69) is 38.4 Å². The van der Waals surface area contributed by atoms with Crippen LogP contribution in [0.2, 0.25) is 0 Å². The first-order valence-electron chi connectivity index (χ1n) is 10.8. The number of anilines is 1. The standard InChI is InChI=1S/C24H23N5O3/c30-24(25-12-16-5-6-17-13-31-14-18(17)11-16)29-9-7-28(8-10-29)23-22-21(26-15-27-23)19-3-1-2-4-20(19)32-22/h1-6,11,15H,7-10,12-14H2,(H,25,30). The van der Waals surface area contributed by atoms with Crippen molar-refractivity contribution in [3.8, 4) is 0 Å². The number of ether oxygens (including phenoxy) is 1. The number of nitrogens with one attached hydrogen (secondary N) is 1. The number of amides is 2. The minimum absolute atomic E-state index is 0.0435. The third-order valence-corrected chi connectivity index (χ3v) is 6.24. The second kappa shape index (κ2) is 7.80. The van der Waals surface area contributed by atoms with Gasteiger partial charge in [0.05, 0.1) is 13.2 Å². The average molecular weight is 429 g/mol. The first-order valence-corrected chi connectivity index (χ1v) is 10.8. The summed E-state index contributed by atoms with van der Waals surface area (Å²) in [5.41, 5.74) is 5.87. The molecule has 1 saturated heterocycles. The molecule has 0 atom stereocenters. The van der Waals surface area contributed by atoms with Crippen LogP contribution in [0.4, 0.5) is 10.6 Å². The summed E-state index contributed by atoms with van der Waals surface area (Å²) in [6.07, 6.45) is 1.58. The second-order valence-electron chi connectivity index (χ2n) is 8.20. The first-order chi connectivity index (χ1) is 15.8. The minimum Gasteiger partial charge on any atom is -0.450 e. The number of benzene rings is 2. The molecule has 4 aromatic rings. The number of urea groups is 1. The maximum atomic E-state index is 12.7. The van der Waals surface area contributed by atoms with Crippen LogP contribution in [0.5, 0.6) is 0 Å². The largest absolute Gasteiger partial charge is 0.450 e. The van der Waals surface area contributed by atoms with Crippen molar-refractivity contribution in [1.29, 1.82) is 0 Å². The van der Waals surface area contributed by atoms with Crippen LogP contribution in [-0.4, -0.2) is 47.1 Å². The predicted octanol–water partition coefficient (Wildman–Crippen LogP) is 3.44. The van der Waals surface area contributed by atoms with Gasteiger partial charge in [-0.2, -0.15) is 0 Å². The molecular weight excluding hydrogens is 406 g/mol. The van der Waals surface area contributed by atoms with Gasteiger partial charge in [0.15, 0.2) is 11.4 Å². The molecule has 2 amide bonds. The molecule has 1 fully saturated rings. The molecule has 0 spiro atoms. The monoisotopic (exact) mass is 429 g/mol. The van der Waals surface area contributed by atoms with Crippen molar-refractivity contribution in [2.45, 2.75) is 19.8 Å². The molecule has 0 saturated carbocycles. The number of piperazine rings is 1. The molecule has 162 valence electrons. The third-order valence-electron chi connectivity index (χ3n) is 6.24. The molecule has 2 aromatic carbocycles. The number of nitrogens with zero attached hydrogens (tertiary/aromatic N) is 4. The molecule has 32 heavy (non-hydrogen) atoms. The van der Waals surface area contributed by atoms with Crippen molar-refractivity contribution in [2.24, 2.45) is 0 Å². The maximum Gasteiger partial charge on any atom is 0.317 e. The molecule has 6 rings (SSSR count). The fourth-order valence-corrected chi connectivity index (χ4v) is 4.48. The van der Waals surface area contributed by atoms with Gasteiger partial charge in [-0.05, 0) is 28.8 Å².